The molecule has 0 aliphatic carbocycles. The summed E-state index contributed by atoms with van der Waals surface area (Å²) in [5.74, 6) is 0.830. The summed E-state index contributed by atoms with van der Waals surface area (Å²) < 4.78 is 17.1. The minimum atomic E-state index is 0.107. The Kier molecular flexibility index (Phi) is 6.55. The van der Waals surface area contributed by atoms with Gasteiger partial charge >= 0.3 is 0 Å². The van der Waals surface area contributed by atoms with Gasteiger partial charge in [-0.25, -0.2) is 0 Å². The Morgan fingerprint density at radius 1 is 1.35 bits per heavy atom. The predicted molar refractivity (Wildman–Crippen MR) is 71.4 cm³/mol. The summed E-state index contributed by atoms with van der Waals surface area (Å²) in [5, 5.41) is 0. The third-order valence-corrected chi connectivity index (χ3v) is 2.93. The van der Waals surface area contributed by atoms with E-state index in [1.54, 1.807) is 7.11 Å². The zero-order valence-electron chi connectivity index (χ0n) is 10.5. The molecule has 1 aromatic rings. The van der Waals surface area contributed by atoms with Crippen molar-refractivity contribution in [3.8, 4) is 5.75 Å². The van der Waals surface area contributed by atoms with Crippen molar-refractivity contribution in [1.82, 2.24) is 0 Å². The van der Waals surface area contributed by atoms with Gasteiger partial charge in [-0.05, 0) is 47.5 Å². The maximum absolute atomic E-state index is 5.67. The van der Waals surface area contributed by atoms with Crippen LogP contribution in [0.15, 0.2) is 22.7 Å². The Morgan fingerprint density at radius 2 is 2.12 bits per heavy atom. The predicted octanol–water partition coefficient (Wildman–Crippen LogP) is 3.40. The highest BCUT2D eigenvalue weighted by Crippen LogP contribution is 2.25. The highest BCUT2D eigenvalue weighted by Gasteiger charge is 2.05. The third kappa shape index (κ3) is 5.06. The summed E-state index contributed by atoms with van der Waals surface area (Å²) in [7, 11) is 1.65. The molecule has 4 heteroatoms. The quantitative estimate of drug-likeness (QED) is 0.772. The Labute approximate surface area is 111 Å². The molecule has 0 saturated carbocycles. The lowest BCUT2D eigenvalue weighted by Gasteiger charge is -2.13. The highest BCUT2D eigenvalue weighted by molar-refractivity contribution is 9.10. The van der Waals surface area contributed by atoms with Crippen LogP contribution in [-0.4, -0.2) is 26.4 Å². The van der Waals surface area contributed by atoms with Crippen molar-refractivity contribution in [3.05, 3.63) is 28.2 Å². The van der Waals surface area contributed by atoms with Gasteiger partial charge in [-0.15, -0.1) is 0 Å². The van der Waals surface area contributed by atoms with E-state index in [9.17, 15) is 0 Å². The molecule has 0 amide bonds. The summed E-state index contributed by atoms with van der Waals surface area (Å²) in [4.78, 5) is 0. The second-order valence-electron chi connectivity index (χ2n) is 3.75. The summed E-state index contributed by atoms with van der Waals surface area (Å²) in [6, 6.07) is 5.93. The average molecular weight is 303 g/mol. The van der Waals surface area contributed by atoms with Gasteiger partial charge in [-0.2, -0.15) is 0 Å². The topological polar surface area (TPSA) is 27.7 Å². The fourth-order valence-electron chi connectivity index (χ4n) is 1.37. The Morgan fingerprint density at radius 3 is 2.71 bits per heavy atom. The molecule has 0 aliphatic rings. The van der Waals surface area contributed by atoms with Crippen LogP contribution in [0.2, 0.25) is 0 Å². The molecule has 0 radical (unpaired) electrons. The van der Waals surface area contributed by atoms with Crippen LogP contribution in [0.5, 0.6) is 5.75 Å². The second-order valence-corrected chi connectivity index (χ2v) is 4.60. The van der Waals surface area contributed by atoms with E-state index in [1.807, 2.05) is 32.0 Å². The largest absolute Gasteiger partial charge is 0.496 e. The Bertz CT molecular complexity index is 341. The number of ether oxygens (including phenoxy) is 3. The standard InChI is InChI=1S/C13H19BrO3/c1-4-16-8-10(2)17-9-11-5-6-13(15-3)12(14)7-11/h5-7,10H,4,8-9H2,1-3H3. The molecule has 0 N–H and O–H groups in total. The zero-order valence-corrected chi connectivity index (χ0v) is 12.1. The SMILES string of the molecule is CCOCC(C)OCc1ccc(OC)c(Br)c1. The van der Waals surface area contributed by atoms with Crippen molar-refractivity contribution in [2.24, 2.45) is 0 Å². The molecule has 0 heterocycles. The van der Waals surface area contributed by atoms with Crippen LogP contribution in [0.4, 0.5) is 0 Å². The van der Waals surface area contributed by atoms with E-state index in [4.69, 9.17) is 14.2 Å². The van der Waals surface area contributed by atoms with Crippen LogP contribution in [0.3, 0.4) is 0 Å². The molecule has 1 aromatic carbocycles. The first-order valence-corrected chi connectivity index (χ1v) is 6.48. The normalized spacial score (nSPS) is 12.5. The minimum Gasteiger partial charge on any atom is -0.496 e. The molecule has 1 unspecified atom stereocenters. The first-order valence-electron chi connectivity index (χ1n) is 5.69. The number of halogens is 1. The van der Waals surface area contributed by atoms with Crippen molar-refractivity contribution in [3.63, 3.8) is 0 Å². The van der Waals surface area contributed by atoms with Crippen LogP contribution < -0.4 is 4.74 Å². The Balaban J connectivity index is 2.44. The van der Waals surface area contributed by atoms with Gasteiger partial charge in [0.2, 0.25) is 0 Å². The van der Waals surface area contributed by atoms with Gasteiger partial charge in [-0.3, -0.25) is 0 Å². The molecule has 0 fully saturated rings. The second kappa shape index (κ2) is 7.69. The molecule has 0 saturated heterocycles. The number of hydrogen-bond acceptors (Lipinski definition) is 3. The van der Waals surface area contributed by atoms with Gasteiger partial charge in [0.15, 0.2) is 0 Å². The van der Waals surface area contributed by atoms with Crippen LogP contribution in [0.25, 0.3) is 0 Å². The summed E-state index contributed by atoms with van der Waals surface area (Å²) in [5.41, 5.74) is 1.11. The maximum Gasteiger partial charge on any atom is 0.133 e. The molecule has 17 heavy (non-hydrogen) atoms. The van der Waals surface area contributed by atoms with E-state index in [0.717, 1.165) is 22.4 Å². The van der Waals surface area contributed by atoms with Gasteiger partial charge in [0, 0.05) is 6.61 Å². The first-order chi connectivity index (χ1) is 8.17. The van der Waals surface area contributed by atoms with E-state index >= 15 is 0 Å². The average Bonchev–Trinajstić information content (AvgIpc) is 2.34. The van der Waals surface area contributed by atoms with E-state index in [0.29, 0.717) is 13.2 Å². The summed E-state index contributed by atoms with van der Waals surface area (Å²) >= 11 is 3.45. The number of hydrogen-bond donors (Lipinski definition) is 0. The molecular formula is C13H19BrO3. The molecule has 0 aliphatic heterocycles. The van der Waals surface area contributed by atoms with Crippen molar-refractivity contribution in [1.29, 1.82) is 0 Å². The van der Waals surface area contributed by atoms with Gasteiger partial charge in [0.1, 0.15) is 5.75 Å². The van der Waals surface area contributed by atoms with E-state index in [-0.39, 0.29) is 6.10 Å². The van der Waals surface area contributed by atoms with Crippen LogP contribution >= 0.6 is 15.9 Å². The summed E-state index contributed by atoms with van der Waals surface area (Å²) in [6.07, 6.45) is 0.107. The molecule has 1 rings (SSSR count). The van der Waals surface area contributed by atoms with Gasteiger partial charge < -0.3 is 14.2 Å². The van der Waals surface area contributed by atoms with Crippen molar-refractivity contribution >= 4 is 15.9 Å². The lowest BCUT2D eigenvalue weighted by Crippen LogP contribution is -2.15. The van der Waals surface area contributed by atoms with Gasteiger partial charge in [0.25, 0.3) is 0 Å². The lowest BCUT2D eigenvalue weighted by molar-refractivity contribution is -0.0116. The van der Waals surface area contributed by atoms with Gasteiger partial charge in [-0.1, -0.05) is 6.07 Å². The molecule has 0 aromatic heterocycles. The van der Waals surface area contributed by atoms with Crippen molar-refractivity contribution in [2.75, 3.05) is 20.3 Å². The zero-order chi connectivity index (χ0) is 12.7. The molecule has 96 valence electrons. The number of methoxy groups -OCH3 is 1. The van der Waals surface area contributed by atoms with Gasteiger partial charge in [0.05, 0.1) is 30.9 Å². The molecule has 3 nitrogen and oxygen atoms in total. The first kappa shape index (κ1) is 14.5. The lowest BCUT2D eigenvalue weighted by atomic mass is 10.2. The van der Waals surface area contributed by atoms with E-state index in [2.05, 4.69) is 15.9 Å². The van der Waals surface area contributed by atoms with E-state index < -0.39 is 0 Å². The monoisotopic (exact) mass is 302 g/mol. The molecule has 0 spiro atoms. The number of benzene rings is 1. The van der Waals surface area contributed by atoms with Crippen LogP contribution in [0, 0.1) is 0 Å². The van der Waals surface area contributed by atoms with Crippen LogP contribution in [0.1, 0.15) is 19.4 Å². The molecular weight excluding hydrogens is 284 g/mol. The highest BCUT2D eigenvalue weighted by atomic mass is 79.9. The molecule has 0 bridgehead atoms. The van der Waals surface area contributed by atoms with E-state index in [1.165, 1.54) is 0 Å². The van der Waals surface area contributed by atoms with Crippen molar-refractivity contribution in [2.45, 2.75) is 26.6 Å². The molecule has 1 atom stereocenters. The van der Waals surface area contributed by atoms with Crippen LogP contribution in [-0.2, 0) is 16.1 Å². The third-order valence-electron chi connectivity index (χ3n) is 2.31. The maximum atomic E-state index is 5.67. The fraction of sp³-hybridized carbons (Fsp3) is 0.538. The fourth-order valence-corrected chi connectivity index (χ4v) is 1.96. The minimum absolute atomic E-state index is 0.107. The van der Waals surface area contributed by atoms with Crippen molar-refractivity contribution < 1.29 is 14.2 Å². The smallest absolute Gasteiger partial charge is 0.133 e. The number of rotatable bonds is 7. The Hall–Kier alpha value is -0.580. The summed E-state index contributed by atoms with van der Waals surface area (Å²) in [6.45, 7) is 5.92.